The minimum absolute atomic E-state index is 0.0166. The zero-order valence-corrected chi connectivity index (χ0v) is 25.4. The molecule has 236 valence electrons. The molecule has 2 heterocycles. The first-order valence-electron chi connectivity index (χ1n) is 13.2. The van der Waals surface area contributed by atoms with E-state index in [0.29, 0.717) is 12.2 Å². The average molecular weight is 642 g/mol. The van der Waals surface area contributed by atoms with Gasteiger partial charge in [-0.05, 0) is 81.6 Å². The molecule has 0 radical (unpaired) electrons. The van der Waals surface area contributed by atoms with Crippen molar-refractivity contribution in [2.45, 2.75) is 44.9 Å². The molecular formula is C30H29F6N3O4S. The van der Waals surface area contributed by atoms with Crippen molar-refractivity contribution >= 4 is 40.9 Å². The molecule has 0 aromatic heterocycles. The highest BCUT2D eigenvalue weighted by Gasteiger charge is 2.72. The lowest BCUT2D eigenvalue weighted by Gasteiger charge is -2.45. The van der Waals surface area contributed by atoms with E-state index in [1.54, 1.807) is 12.3 Å². The van der Waals surface area contributed by atoms with Crippen LogP contribution in [0, 0.1) is 5.41 Å². The second-order valence-electron chi connectivity index (χ2n) is 10.2. The first-order valence-corrected chi connectivity index (χ1v) is 14.1. The van der Waals surface area contributed by atoms with Gasteiger partial charge in [-0.1, -0.05) is 11.8 Å². The summed E-state index contributed by atoms with van der Waals surface area (Å²) >= 11 is 1.18. The SMILES string of the molecule is CCN1C(C)=CS[C@]12/C(=C(/C)C(=O)OC)N(c1ccc(C(F)(F)F)cc1)C(=Nc1ccc(C(F)(F)F)cc1)[C@@]2(C)C(=O)OC. The van der Waals surface area contributed by atoms with Gasteiger partial charge in [0.2, 0.25) is 0 Å². The van der Waals surface area contributed by atoms with Crippen molar-refractivity contribution < 1.29 is 45.4 Å². The highest BCUT2D eigenvalue weighted by Crippen LogP contribution is 2.64. The number of amidine groups is 1. The Morgan fingerprint density at radius 2 is 1.43 bits per heavy atom. The number of carbonyl (C=O) groups excluding carboxylic acids is 2. The summed E-state index contributed by atoms with van der Waals surface area (Å²) in [6, 6.07) is 7.91. The van der Waals surface area contributed by atoms with Gasteiger partial charge in [0.25, 0.3) is 0 Å². The van der Waals surface area contributed by atoms with Gasteiger partial charge in [0, 0.05) is 17.9 Å². The molecule has 0 unspecified atom stereocenters. The van der Waals surface area contributed by atoms with Crippen LogP contribution in [0.5, 0.6) is 0 Å². The van der Waals surface area contributed by atoms with Crippen LogP contribution in [-0.4, -0.2) is 48.3 Å². The van der Waals surface area contributed by atoms with Gasteiger partial charge >= 0.3 is 24.3 Å². The summed E-state index contributed by atoms with van der Waals surface area (Å²) in [6.45, 7) is 6.91. The number of allylic oxidation sites excluding steroid dienone is 1. The molecule has 7 nitrogen and oxygen atoms in total. The molecule has 1 fully saturated rings. The molecule has 2 aromatic carbocycles. The number of hydrogen-bond acceptors (Lipinski definition) is 7. The van der Waals surface area contributed by atoms with Crippen LogP contribution in [0.3, 0.4) is 0 Å². The number of likely N-dealkylation sites (N-methyl/N-ethyl adjacent to an activating group) is 1. The number of rotatable bonds is 5. The number of halogens is 6. The van der Waals surface area contributed by atoms with E-state index in [9.17, 15) is 35.9 Å². The van der Waals surface area contributed by atoms with Crippen molar-refractivity contribution in [3.63, 3.8) is 0 Å². The maximum atomic E-state index is 14.0. The summed E-state index contributed by atoms with van der Waals surface area (Å²) < 4.78 is 90.9. The van der Waals surface area contributed by atoms with E-state index in [1.807, 2.05) is 11.8 Å². The van der Waals surface area contributed by atoms with E-state index in [-0.39, 0.29) is 28.5 Å². The van der Waals surface area contributed by atoms with Gasteiger partial charge in [-0.3, -0.25) is 9.69 Å². The normalized spacial score (nSPS) is 24.2. The number of benzene rings is 2. The average Bonchev–Trinajstić information content (AvgIpc) is 3.43. The van der Waals surface area contributed by atoms with Crippen molar-refractivity contribution in [2.75, 3.05) is 25.7 Å². The predicted octanol–water partition coefficient (Wildman–Crippen LogP) is 7.53. The monoisotopic (exact) mass is 641 g/mol. The molecule has 0 bridgehead atoms. The molecule has 2 aliphatic heterocycles. The van der Waals surface area contributed by atoms with Crippen LogP contribution in [0.4, 0.5) is 37.7 Å². The van der Waals surface area contributed by atoms with Crippen molar-refractivity contribution in [3.8, 4) is 0 Å². The zero-order valence-electron chi connectivity index (χ0n) is 24.6. The molecule has 2 aliphatic rings. The lowest BCUT2D eigenvalue weighted by atomic mass is 9.80. The number of methoxy groups -OCH3 is 2. The van der Waals surface area contributed by atoms with E-state index in [4.69, 9.17) is 9.47 Å². The van der Waals surface area contributed by atoms with Crippen LogP contribution in [0.1, 0.15) is 38.8 Å². The highest BCUT2D eigenvalue weighted by molar-refractivity contribution is 8.04. The molecular weight excluding hydrogens is 612 g/mol. The lowest BCUT2D eigenvalue weighted by Crippen LogP contribution is -2.58. The molecule has 1 spiro atoms. The van der Waals surface area contributed by atoms with Gasteiger partial charge in [-0.15, -0.1) is 0 Å². The van der Waals surface area contributed by atoms with Crippen LogP contribution >= 0.6 is 11.8 Å². The molecule has 44 heavy (non-hydrogen) atoms. The Bertz CT molecular complexity index is 1550. The fourth-order valence-electron chi connectivity index (χ4n) is 5.62. The number of nitrogens with zero attached hydrogens (tertiary/aromatic N) is 3. The molecule has 14 heteroatoms. The highest BCUT2D eigenvalue weighted by atomic mass is 32.2. The Morgan fingerprint density at radius 1 is 0.909 bits per heavy atom. The fourth-order valence-corrected chi connectivity index (χ4v) is 7.26. The number of thioether (sulfide) groups is 1. The number of hydrogen-bond donors (Lipinski definition) is 0. The second-order valence-corrected chi connectivity index (χ2v) is 11.3. The summed E-state index contributed by atoms with van der Waals surface area (Å²) in [4.78, 5) is 33.6. The number of anilines is 1. The topological polar surface area (TPSA) is 71.4 Å². The summed E-state index contributed by atoms with van der Waals surface area (Å²) in [6.07, 6.45) is -9.26. The molecule has 2 atom stereocenters. The van der Waals surface area contributed by atoms with Crippen LogP contribution < -0.4 is 4.90 Å². The molecule has 0 amide bonds. The second kappa shape index (κ2) is 11.5. The van der Waals surface area contributed by atoms with Gasteiger partial charge in [0.1, 0.15) is 5.84 Å². The fraction of sp³-hybridized carbons (Fsp3) is 0.367. The number of esters is 2. The van der Waals surface area contributed by atoms with Gasteiger partial charge in [-0.2, -0.15) is 26.3 Å². The van der Waals surface area contributed by atoms with E-state index in [0.717, 1.165) is 50.6 Å². The van der Waals surface area contributed by atoms with Gasteiger partial charge in [0.05, 0.1) is 42.3 Å². The smallest absolute Gasteiger partial charge is 0.416 e. The molecule has 1 saturated heterocycles. The number of aliphatic imine (C=N–C) groups is 1. The molecule has 2 aromatic rings. The summed E-state index contributed by atoms with van der Waals surface area (Å²) in [7, 11) is 2.32. The van der Waals surface area contributed by atoms with Crippen molar-refractivity contribution in [2.24, 2.45) is 10.4 Å². The van der Waals surface area contributed by atoms with E-state index >= 15 is 0 Å². The van der Waals surface area contributed by atoms with Crippen molar-refractivity contribution in [1.29, 1.82) is 0 Å². The minimum Gasteiger partial charge on any atom is -0.468 e. The Labute approximate surface area is 254 Å². The Morgan fingerprint density at radius 3 is 1.89 bits per heavy atom. The maximum Gasteiger partial charge on any atom is 0.416 e. The van der Waals surface area contributed by atoms with Crippen molar-refractivity contribution in [3.05, 3.63) is 82.0 Å². The molecule has 4 rings (SSSR count). The van der Waals surface area contributed by atoms with E-state index < -0.39 is 45.7 Å². The third-order valence-electron chi connectivity index (χ3n) is 7.73. The number of alkyl halides is 6. The Hall–Kier alpha value is -3.94. The molecule has 0 N–H and O–H groups in total. The Kier molecular flexibility index (Phi) is 8.64. The van der Waals surface area contributed by atoms with Crippen LogP contribution in [0.15, 0.2) is 75.9 Å². The quantitative estimate of drug-likeness (QED) is 0.190. The first kappa shape index (κ1) is 33.0. The first-order chi connectivity index (χ1) is 20.5. The van der Waals surface area contributed by atoms with Gasteiger partial charge in [-0.25, -0.2) is 9.79 Å². The third kappa shape index (κ3) is 5.12. The lowest BCUT2D eigenvalue weighted by molar-refractivity contribution is -0.150. The van der Waals surface area contributed by atoms with E-state index in [1.165, 1.54) is 42.6 Å². The summed E-state index contributed by atoms with van der Waals surface area (Å²) in [5.41, 5.74) is -2.62. The van der Waals surface area contributed by atoms with Gasteiger partial charge in [0.15, 0.2) is 10.3 Å². The zero-order chi connectivity index (χ0) is 32.8. The van der Waals surface area contributed by atoms with E-state index in [2.05, 4.69) is 4.99 Å². The molecule has 0 saturated carbocycles. The predicted molar refractivity (Wildman–Crippen MR) is 154 cm³/mol. The Balaban J connectivity index is 2.16. The number of carbonyl (C=O) groups is 2. The number of ether oxygens (including phenoxy) is 2. The van der Waals surface area contributed by atoms with Crippen molar-refractivity contribution in [1.82, 2.24) is 4.90 Å². The third-order valence-corrected chi connectivity index (χ3v) is 9.35. The minimum atomic E-state index is -4.65. The van der Waals surface area contributed by atoms with Gasteiger partial charge < -0.3 is 14.4 Å². The maximum absolute atomic E-state index is 14.0. The van der Waals surface area contributed by atoms with Crippen LogP contribution in [-0.2, 0) is 31.4 Å². The summed E-state index contributed by atoms with van der Waals surface area (Å²) in [5.74, 6) is -1.67. The largest absolute Gasteiger partial charge is 0.468 e. The summed E-state index contributed by atoms with van der Waals surface area (Å²) in [5, 5.41) is 1.78. The molecule has 0 aliphatic carbocycles. The van der Waals surface area contributed by atoms with Crippen LogP contribution in [0.2, 0.25) is 0 Å². The van der Waals surface area contributed by atoms with Crippen LogP contribution in [0.25, 0.3) is 0 Å². The standard InChI is InChI=1S/C30H29F6N3O4S/c1-7-38-17(2)16-44-28(38)23(18(3)24(40)42-5)39(22-14-10-20(11-15-22)30(34,35)36)25(27(28,4)26(41)43-6)37-21-12-8-19(9-13-21)29(31,32)33/h8-16H,7H2,1-6H3/b23-18+,37-25?/t27-,28-/m0/s1.